The van der Waals surface area contributed by atoms with Crippen molar-refractivity contribution in [1.82, 2.24) is 9.80 Å². The Labute approximate surface area is 197 Å². The Balaban J connectivity index is 1.31. The number of carbonyl (C=O) groups excluding carboxylic acids is 1. The van der Waals surface area contributed by atoms with Gasteiger partial charge < -0.3 is 19.3 Å². The van der Waals surface area contributed by atoms with E-state index in [1.165, 1.54) is 24.0 Å². The number of carbonyl (C=O) groups is 1. The van der Waals surface area contributed by atoms with E-state index in [-0.39, 0.29) is 18.1 Å². The molecule has 2 aliphatic heterocycles. The van der Waals surface area contributed by atoms with Gasteiger partial charge in [0.05, 0.1) is 19.3 Å². The van der Waals surface area contributed by atoms with E-state index < -0.39 is 0 Å². The van der Waals surface area contributed by atoms with Gasteiger partial charge in [0.1, 0.15) is 0 Å². The number of benzene rings is 2. The molecule has 0 unspecified atom stereocenters. The fraction of sp³-hybridized carbons (Fsp3) is 0.519. The smallest absolute Gasteiger partial charge is 0.219 e. The molecular formula is C27H35N3O3. The molecule has 2 fully saturated rings. The summed E-state index contributed by atoms with van der Waals surface area (Å²) in [4.78, 5) is 19.3. The molecular weight excluding hydrogens is 414 g/mol. The third-order valence-electron chi connectivity index (χ3n) is 7.37. The number of hydrogen-bond acceptors (Lipinski definition) is 5. The summed E-state index contributed by atoms with van der Waals surface area (Å²) in [6.07, 6.45) is 4.99. The fourth-order valence-electron chi connectivity index (χ4n) is 5.63. The summed E-state index contributed by atoms with van der Waals surface area (Å²) < 4.78 is 11.9. The second-order valence-corrected chi connectivity index (χ2v) is 9.61. The second kappa shape index (κ2) is 9.64. The predicted molar refractivity (Wildman–Crippen MR) is 130 cm³/mol. The zero-order valence-electron chi connectivity index (χ0n) is 19.8. The van der Waals surface area contributed by atoms with E-state index in [0.29, 0.717) is 0 Å². The molecule has 0 radical (unpaired) electrons. The molecule has 1 saturated carbocycles. The first-order valence-corrected chi connectivity index (χ1v) is 12.3. The van der Waals surface area contributed by atoms with Gasteiger partial charge in [-0.2, -0.15) is 0 Å². The van der Waals surface area contributed by atoms with Crippen molar-refractivity contribution < 1.29 is 14.3 Å². The number of hydrogen-bond donors (Lipinski definition) is 0. The molecule has 33 heavy (non-hydrogen) atoms. The van der Waals surface area contributed by atoms with Crippen molar-refractivity contribution in [2.24, 2.45) is 0 Å². The number of methoxy groups -OCH3 is 1. The van der Waals surface area contributed by atoms with E-state index in [1.807, 2.05) is 6.07 Å². The first kappa shape index (κ1) is 22.1. The van der Waals surface area contributed by atoms with E-state index in [9.17, 15) is 4.79 Å². The molecule has 1 saturated heterocycles. The van der Waals surface area contributed by atoms with Crippen LogP contribution in [0.4, 0.5) is 5.69 Å². The number of rotatable bonds is 6. The number of piperazine rings is 1. The minimum Gasteiger partial charge on any atom is -0.493 e. The van der Waals surface area contributed by atoms with Gasteiger partial charge in [-0.1, -0.05) is 24.3 Å². The molecule has 176 valence electrons. The molecule has 0 N–H and O–H groups in total. The van der Waals surface area contributed by atoms with Crippen molar-refractivity contribution in [2.45, 2.75) is 57.8 Å². The number of amides is 1. The van der Waals surface area contributed by atoms with Crippen LogP contribution in [0.1, 0.15) is 43.7 Å². The quantitative estimate of drug-likeness (QED) is 0.665. The van der Waals surface area contributed by atoms with Crippen molar-refractivity contribution in [3.8, 4) is 11.5 Å². The lowest BCUT2D eigenvalue weighted by molar-refractivity contribution is -0.132. The second-order valence-electron chi connectivity index (χ2n) is 9.61. The van der Waals surface area contributed by atoms with E-state index in [2.05, 4.69) is 51.1 Å². The minimum absolute atomic E-state index is 0.159. The highest BCUT2D eigenvalue weighted by Gasteiger charge is 2.32. The molecule has 6 heteroatoms. The van der Waals surface area contributed by atoms with Gasteiger partial charge in [-0.05, 0) is 48.9 Å². The van der Waals surface area contributed by atoms with Gasteiger partial charge in [0, 0.05) is 57.9 Å². The number of nitrogens with zero attached hydrogens (tertiary/aromatic N) is 3. The van der Waals surface area contributed by atoms with Crippen LogP contribution >= 0.6 is 0 Å². The van der Waals surface area contributed by atoms with Crippen LogP contribution in [-0.4, -0.2) is 61.1 Å². The molecule has 1 atom stereocenters. The molecule has 2 heterocycles. The predicted octanol–water partition coefficient (Wildman–Crippen LogP) is 4.07. The molecule has 5 rings (SSSR count). The van der Waals surface area contributed by atoms with Crippen LogP contribution in [-0.2, 0) is 17.9 Å². The molecule has 3 aliphatic rings. The van der Waals surface area contributed by atoms with Gasteiger partial charge in [-0.15, -0.1) is 0 Å². The summed E-state index contributed by atoms with van der Waals surface area (Å²) in [5, 5.41) is 0. The van der Waals surface area contributed by atoms with Crippen LogP contribution in [0.2, 0.25) is 0 Å². The first-order valence-electron chi connectivity index (χ1n) is 12.3. The van der Waals surface area contributed by atoms with E-state index >= 15 is 0 Å². The first-order chi connectivity index (χ1) is 16.1. The Morgan fingerprint density at radius 3 is 2.39 bits per heavy atom. The lowest BCUT2D eigenvalue weighted by atomic mass is 10.1. The largest absolute Gasteiger partial charge is 0.493 e. The van der Waals surface area contributed by atoms with Gasteiger partial charge in [0.2, 0.25) is 5.91 Å². The van der Waals surface area contributed by atoms with Gasteiger partial charge in [-0.25, -0.2) is 0 Å². The topological polar surface area (TPSA) is 45.2 Å². The summed E-state index contributed by atoms with van der Waals surface area (Å²) in [5.74, 6) is 1.79. The van der Waals surface area contributed by atoms with Crippen molar-refractivity contribution in [1.29, 1.82) is 0 Å². The van der Waals surface area contributed by atoms with Crippen molar-refractivity contribution >= 4 is 11.6 Å². The van der Waals surface area contributed by atoms with E-state index in [4.69, 9.17) is 9.47 Å². The van der Waals surface area contributed by atoms with Crippen molar-refractivity contribution in [3.05, 3.63) is 53.6 Å². The molecule has 0 aromatic heterocycles. The lowest BCUT2D eigenvalue weighted by Crippen LogP contribution is -2.58. The monoisotopic (exact) mass is 449 g/mol. The van der Waals surface area contributed by atoms with E-state index in [1.54, 1.807) is 14.0 Å². The van der Waals surface area contributed by atoms with Crippen LogP contribution in [0.5, 0.6) is 11.5 Å². The number of anilines is 1. The third kappa shape index (κ3) is 4.81. The van der Waals surface area contributed by atoms with Crippen LogP contribution in [0.15, 0.2) is 42.5 Å². The Bertz CT molecular complexity index is 963. The van der Waals surface area contributed by atoms with Gasteiger partial charge in [0.15, 0.2) is 11.5 Å². The Hall–Kier alpha value is -2.73. The fourth-order valence-corrected chi connectivity index (χ4v) is 5.63. The van der Waals surface area contributed by atoms with Crippen molar-refractivity contribution in [3.63, 3.8) is 0 Å². The summed E-state index contributed by atoms with van der Waals surface area (Å²) in [7, 11) is 1.70. The average molecular weight is 450 g/mol. The maximum Gasteiger partial charge on any atom is 0.219 e. The summed E-state index contributed by atoms with van der Waals surface area (Å²) in [6, 6.07) is 15.1. The Kier molecular flexibility index (Phi) is 6.45. The average Bonchev–Trinajstić information content (AvgIpc) is 3.48. The van der Waals surface area contributed by atoms with Crippen molar-refractivity contribution in [2.75, 3.05) is 38.2 Å². The molecule has 2 aromatic carbocycles. The molecule has 0 spiro atoms. The third-order valence-corrected chi connectivity index (χ3v) is 7.37. The number of ether oxygens (including phenoxy) is 2. The normalized spacial score (nSPS) is 21.3. The molecule has 2 aromatic rings. The SMILES string of the molecule is COc1ccc(N2CCN(C(C)=O)[C@@H](CN3Cc4ccccc4C3)C2)cc1OC1CCCC1. The highest BCUT2D eigenvalue weighted by Crippen LogP contribution is 2.36. The van der Waals surface area contributed by atoms with Crippen LogP contribution in [0.3, 0.4) is 0 Å². The van der Waals surface area contributed by atoms with Crippen LogP contribution in [0, 0.1) is 0 Å². The molecule has 1 amide bonds. The lowest BCUT2D eigenvalue weighted by Gasteiger charge is -2.43. The standard InChI is InChI=1S/C27H35N3O3/c1-20(31)30-14-13-29(19-24(30)18-28-16-21-7-3-4-8-22(21)17-28)23-11-12-26(32-2)27(15-23)33-25-9-5-6-10-25/h3-4,7-8,11-12,15,24-25H,5-6,9-10,13-14,16-19H2,1-2H3/t24-/m0/s1. The molecule has 0 bridgehead atoms. The van der Waals surface area contributed by atoms with Gasteiger partial charge in [-0.3, -0.25) is 9.69 Å². The maximum atomic E-state index is 12.4. The van der Waals surface area contributed by atoms with Crippen LogP contribution < -0.4 is 14.4 Å². The summed E-state index contributed by atoms with van der Waals surface area (Å²) in [5.41, 5.74) is 3.95. The highest BCUT2D eigenvalue weighted by atomic mass is 16.5. The number of fused-ring (bicyclic) bond motifs is 1. The van der Waals surface area contributed by atoms with E-state index in [0.717, 1.165) is 69.3 Å². The molecule has 6 nitrogen and oxygen atoms in total. The minimum atomic E-state index is 0.159. The van der Waals surface area contributed by atoms with Gasteiger partial charge >= 0.3 is 0 Å². The van der Waals surface area contributed by atoms with Gasteiger partial charge in [0.25, 0.3) is 0 Å². The van der Waals surface area contributed by atoms with Crippen LogP contribution in [0.25, 0.3) is 0 Å². The summed E-state index contributed by atoms with van der Waals surface area (Å²) in [6.45, 7) is 6.88. The Morgan fingerprint density at radius 1 is 1.00 bits per heavy atom. The zero-order valence-corrected chi connectivity index (χ0v) is 19.8. The highest BCUT2D eigenvalue weighted by molar-refractivity contribution is 5.74. The molecule has 1 aliphatic carbocycles. The Morgan fingerprint density at radius 2 is 1.73 bits per heavy atom. The maximum absolute atomic E-state index is 12.4. The zero-order chi connectivity index (χ0) is 22.8. The summed E-state index contributed by atoms with van der Waals surface area (Å²) >= 11 is 0.